The molecule has 0 fully saturated rings. The van der Waals surface area contributed by atoms with Crippen LogP contribution in [0.4, 0.5) is 26.3 Å². The highest BCUT2D eigenvalue weighted by Crippen LogP contribution is 2.28. The highest BCUT2D eigenvalue weighted by atomic mass is 32.1. The third kappa shape index (κ3) is 8.66. The van der Waals surface area contributed by atoms with E-state index in [1.165, 1.54) is 10.8 Å². The molecule has 214 valence electrons. The lowest BCUT2D eigenvalue weighted by molar-refractivity contribution is -0.170. The van der Waals surface area contributed by atoms with Gasteiger partial charge in [-0.2, -0.15) is 26.3 Å². The molecule has 41 heavy (non-hydrogen) atoms. The van der Waals surface area contributed by atoms with E-state index in [9.17, 15) is 45.5 Å². The van der Waals surface area contributed by atoms with Crippen molar-refractivity contribution in [2.45, 2.75) is 25.7 Å². The van der Waals surface area contributed by atoms with Gasteiger partial charge in [0.05, 0.1) is 16.2 Å². The largest absolute Gasteiger partial charge is 0.472 e. The van der Waals surface area contributed by atoms with Crippen LogP contribution in [0, 0.1) is 0 Å². The van der Waals surface area contributed by atoms with Crippen LogP contribution < -0.4 is 0 Å². The number of Topliss-reactive ketones (excluding diaryl/α,β-unsaturated/α-hetero) is 3. The molecule has 2 aromatic carbocycles. The lowest BCUT2D eigenvalue weighted by Gasteiger charge is -2.03. The Hall–Kier alpha value is -4.17. The number of hydrogen-bond donors (Lipinski definition) is 0. The summed E-state index contributed by atoms with van der Waals surface area (Å²) in [7, 11) is 0. The molecule has 0 aliphatic rings. The summed E-state index contributed by atoms with van der Waals surface area (Å²) in [5.74, 6) is -4.59. The zero-order valence-electron chi connectivity index (χ0n) is 20.8. The Labute approximate surface area is 235 Å². The minimum atomic E-state index is -4.95. The first-order valence-corrected chi connectivity index (χ1v) is 13.0. The number of halogens is 6. The van der Waals surface area contributed by atoms with Crippen LogP contribution in [0.15, 0.2) is 79.4 Å². The van der Waals surface area contributed by atoms with Crippen LogP contribution in [-0.2, 0) is 4.79 Å². The van der Waals surface area contributed by atoms with Crippen molar-refractivity contribution in [2.75, 3.05) is 0 Å². The number of nitrogens with zero attached hydrogens (tertiary/aromatic N) is 2. The van der Waals surface area contributed by atoms with E-state index in [-0.39, 0.29) is 10.7 Å². The molecule has 0 bridgehead atoms. The molecule has 0 atom stereocenters. The molecule has 0 aliphatic heterocycles. The smallest absolute Gasteiger partial charge is 0.294 e. The van der Waals surface area contributed by atoms with Crippen LogP contribution in [0.1, 0.15) is 37.5 Å². The van der Waals surface area contributed by atoms with Crippen molar-refractivity contribution in [3.05, 3.63) is 89.1 Å². The number of alkyl halides is 6. The molecule has 6 nitrogen and oxygen atoms in total. The predicted molar refractivity (Wildman–Crippen MR) is 143 cm³/mol. The summed E-state index contributed by atoms with van der Waals surface area (Å²) in [4.78, 5) is 48.0. The van der Waals surface area contributed by atoms with Crippen LogP contribution in [0.3, 0.4) is 0 Å². The first kappa shape index (κ1) is 31.4. The van der Waals surface area contributed by atoms with E-state index in [1.54, 1.807) is 42.5 Å². The van der Waals surface area contributed by atoms with Crippen LogP contribution >= 0.6 is 22.7 Å². The van der Waals surface area contributed by atoms with Crippen LogP contribution in [0.5, 0.6) is 0 Å². The average molecular weight is 613 g/mol. The molecule has 0 saturated carbocycles. The SMILES string of the molecule is CC(=O)c1cc2ccccc2s1.O=C(CC(=O)C(F)(F)F)c1cc2ccccc2s1.O=C(n1ccnc1)C(F)(F)F. The maximum Gasteiger partial charge on any atom is 0.472 e. The highest BCUT2D eigenvalue weighted by Gasteiger charge is 2.40. The van der Waals surface area contributed by atoms with Crippen LogP contribution in [0.25, 0.3) is 20.2 Å². The summed E-state index contributed by atoms with van der Waals surface area (Å²) in [5.41, 5.74) is 0. The molecule has 0 unspecified atom stereocenters. The normalized spacial score (nSPS) is 11.3. The molecule has 0 radical (unpaired) electrons. The molecule has 5 aromatic rings. The van der Waals surface area contributed by atoms with Gasteiger partial charge in [-0.3, -0.25) is 23.7 Å². The third-order valence-corrected chi connectivity index (χ3v) is 7.47. The van der Waals surface area contributed by atoms with Gasteiger partial charge in [0.1, 0.15) is 6.33 Å². The lowest BCUT2D eigenvalue weighted by atomic mass is 10.1. The molecule has 3 heterocycles. The lowest BCUT2D eigenvalue weighted by Crippen LogP contribution is -2.27. The highest BCUT2D eigenvalue weighted by molar-refractivity contribution is 7.21. The molecular weight excluding hydrogens is 594 g/mol. The second kappa shape index (κ2) is 13.0. The summed E-state index contributed by atoms with van der Waals surface area (Å²) < 4.78 is 73.3. The number of imidazole rings is 1. The second-order valence-corrected chi connectivity index (χ2v) is 10.3. The number of hydrogen-bond acceptors (Lipinski definition) is 7. The van der Waals surface area contributed by atoms with E-state index in [0.717, 1.165) is 50.4 Å². The molecule has 3 aromatic heterocycles. The van der Waals surface area contributed by atoms with E-state index in [0.29, 0.717) is 4.57 Å². The second-order valence-electron chi connectivity index (χ2n) is 8.15. The Kier molecular flexibility index (Phi) is 9.94. The number of thiophene rings is 2. The maximum absolute atomic E-state index is 12.0. The monoisotopic (exact) mass is 612 g/mol. The number of aromatic nitrogens is 2. The molecular formula is C27H18F6N2O4S2. The maximum atomic E-state index is 12.0. The number of ketones is 3. The first-order chi connectivity index (χ1) is 19.2. The average Bonchev–Trinajstić information content (AvgIpc) is 3.67. The van der Waals surface area contributed by atoms with Gasteiger partial charge in [0.2, 0.25) is 5.78 Å². The zero-order chi connectivity index (χ0) is 30.4. The summed E-state index contributed by atoms with van der Waals surface area (Å²) in [6.45, 7) is 1.60. The molecule has 0 aliphatic carbocycles. The van der Waals surface area contributed by atoms with E-state index in [2.05, 4.69) is 4.98 Å². The zero-order valence-corrected chi connectivity index (χ0v) is 22.5. The quantitative estimate of drug-likeness (QED) is 0.118. The minimum Gasteiger partial charge on any atom is -0.294 e. The van der Waals surface area contributed by atoms with Crippen molar-refractivity contribution in [3.63, 3.8) is 0 Å². The van der Waals surface area contributed by atoms with Gasteiger partial charge in [-0.15, -0.1) is 22.7 Å². The standard InChI is InChI=1S/C12H7F3O2S.C10H8OS.C5H3F3N2O/c13-12(14,15)11(17)6-8(16)10-5-7-3-1-2-4-9(7)18-10;1-7(11)10-6-8-4-2-3-5-9(8)12-10;6-5(7,8)4(11)10-2-1-9-3-10/h1-5H,6H2;2-6H,1H3;1-3H. The van der Waals surface area contributed by atoms with Gasteiger partial charge in [0.25, 0.3) is 0 Å². The fourth-order valence-electron chi connectivity index (χ4n) is 3.13. The Morgan fingerprint density at radius 3 is 1.73 bits per heavy atom. The first-order valence-electron chi connectivity index (χ1n) is 11.4. The van der Waals surface area contributed by atoms with Crippen molar-refractivity contribution in [2.24, 2.45) is 0 Å². The number of benzene rings is 2. The molecule has 0 saturated heterocycles. The topological polar surface area (TPSA) is 86.1 Å². The van der Waals surface area contributed by atoms with Gasteiger partial charge in [0, 0.05) is 21.8 Å². The van der Waals surface area contributed by atoms with Gasteiger partial charge in [-0.25, -0.2) is 4.98 Å². The summed E-state index contributed by atoms with van der Waals surface area (Å²) in [5, 5.41) is 1.94. The van der Waals surface area contributed by atoms with E-state index in [1.807, 2.05) is 30.3 Å². The Morgan fingerprint density at radius 2 is 1.29 bits per heavy atom. The minimum absolute atomic E-state index is 0.149. The van der Waals surface area contributed by atoms with Gasteiger partial charge in [0.15, 0.2) is 11.6 Å². The number of carbonyl (C=O) groups excluding carboxylic acids is 4. The molecule has 0 amide bonds. The Bertz CT molecular complexity index is 1620. The van der Waals surface area contributed by atoms with Crippen molar-refractivity contribution in [3.8, 4) is 0 Å². The summed E-state index contributed by atoms with van der Waals surface area (Å²) in [6.07, 6.45) is -8.07. The van der Waals surface area contributed by atoms with Gasteiger partial charge >= 0.3 is 18.3 Å². The molecule has 0 spiro atoms. The van der Waals surface area contributed by atoms with Gasteiger partial charge in [-0.05, 0) is 42.0 Å². The van der Waals surface area contributed by atoms with Gasteiger partial charge in [-0.1, -0.05) is 36.4 Å². The predicted octanol–water partition coefficient (Wildman–Crippen LogP) is 7.80. The Morgan fingerprint density at radius 1 is 0.780 bits per heavy atom. The van der Waals surface area contributed by atoms with Crippen molar-refractivity contribution in [1.29, 1.82) is 0 Å². The number of carbonyl (C=O) groups is 4. The van der Waals surface area contributed by atoms with E-state index in [4.69, 9.17) is 0 Å². The molecule has 0 N–H and O–H groups in total. The molecule has 5 rings (SSSR count). The number of fused-ring (bicyclic) bond motifs is 2. The van der Waals surface area contributed by atoms with E-state index >= 15 is 0 Å². The van der Waals surface area contributed by atoms with Crippen LogP contribution in [0.2, 0.25) is 0 Å². The Balaban J connectivity index is 0.000000176. The van der Waals surface area contributed by atoms with Gasteiger partial charge < -0.3 is 0 Å². The van der Waals surface area contributed by atoms with Crippen molar-refractivity contribution >= 4 is 66.1 Å². The molecule has 14 heteroatoms. The summed E-state index contributed by atoms with van der Waals surface area (Å²) in [6, 6.07) is 18.6. The van der Waals surface area contributed by atoms with E-state index < -0.39 is 36.2 Å². The fourth-order valence-corrected chi connectivity index (χ4v) is 5.09. The third-order valence-electron chi connectivity index (χ3n) is 5.09. The van der Waals surface area contributed by atoms with Crippen molar-refractivity contribution < 1.29 is 45.5 Å². The number of rotatable bonds is 4. The summed E-state index contributed by atoms with van der Waals surface area (Å²) >= 11 is 2.64. The fraction of sp³-hybridized carbons (Fsp3) is 0.148. The van der Waals surface area contributed by atoms with Crippen LogP contribution in [-0.4, -0.2) is 45.2 Å². The van der Waals surface area contributed by atoms with Crippen molar-refractivity contribution in [1.82, 2.24) is 9.55 Å².